The van der Waals surface area contributed by atoms with E-state index in [0.29, 0.717) is 5.69 Å². The van der Waals surface area contributed by atoms with E-state index >= 15 is 0 Å². The average Bonchev–Trinajstić information content (AvgIpc) is 2.57. The summed E-state index contributed by atoms with van der Waals surface area (Å²) in [5.74, 6) is 0.554. The van der Waals surface area contributed by atoms with Gasteiger partial charge in [0.2, 0.25) is 0 Å². The van der Waals surface area contributed by atoms with Crippen LogP contribution in [0.3, 0.4) is 0 Å². The Kier molecular flexibility index (Phi) is 6.73. The molecule has 5 nitrogen and oxygen atoms in total. The van der Waals surface area contributed by atoms with Crippen molar-refractivity contribution in [1.29, 1.82) is 0 Å². The van der Waals surface area contributed by atoms with E-state index in [1.165, 1.54) is 6.33 Å². The number of hydrogen-bond donors (Lipinski definition) is 1. The molecular formula is C18H23BrN4O. The van der Waals surface area contributed by atoms with Crippen molar-refractivity contribution in [2.75, 3.05) is 23.3 Å². The van der Waals surface area contributed by atoms with Gasteiger partial charge in [-0.2, -0.15) is 0 Å². The lowest BCUT2D eigenvalue weighted by atomic mass is 10.2. The number of halogens is 1. The normalized spacial score (nSPS) is 10.5. The molecule has 1 aromatic carbocycles. The summed E-state index contributed by atoms with van der Waals surface area (Å²) in [6.07, 6.45) is 3.51. The third kappa shape index (κ3) is 4.77. The number of amides is 1. The van der Waals surface area contributed by atoms with E-state index in [-0.39, 0.29) is 5.91 Å². The number of carbonyl (C=O) groups is 1. The first-order valence-corrected chi connectivity index (χ1v) is 8.99. The van der Waals surface area contributed by atoms with Crippen molar-refractivity contribution in [3.63, 3.8) is 0 Å². The number of hydrogen-bond acceptors (Lipinski definition) is 4. The Morgan fingerprint density at radius 3 is 2.50 bits per heavy atom. The highest BCUT2D eigenvalue weighted by Crippen LogP contribution is 2.24. The molecule has 0 aliphatic carbocycles. The van der Waals surface area contributed by atoms with E-state index in [1.807, 2.05) is 25.1 Å². The number of nitrogens with one attached hydrogen (secondary N) is 1. The molecule has 128 valence electrons. The molecule has 0 aliphatic rings. The maximum absolute atomic E-state index is 12.5. The number of rotatable bonds is 7. The molecule has 1 amide bonds. The van der Waals surface area contributed by atoms with Gasteiger partial charge in [-0.05, 0) is 53.4 Å². The van der Waals surface area contributed by atoms with Crippen LogP contribution < -0.4 is 10.2 Å². The highest BCUT2D eigenvalue weighted by molar-refractivity contribution is 9.10. The van der Waals surface area contributed by atoms with Gasteiger partial charge in [-0.3, -0.25) is 4.79 Å². The van der Waals surface area contributed by atoms with Gasteiger partial charge in [0.05, 0.1) is 5.69 Å². The minimum atomic E-state index is -0.240. The fourth-order valence-corrected chi connectivity index (χ4v) is 3.03. The van der Waals surface area contributed by atoms with Crippen molar-refractivity contribution in [2.45, 2.75) is 33.6 Å². The Labute approximate surface area is 151 Å². The summed E-state index contributed by atoms with van der Waals surface area (Å²) in [4.78, 5) is 23.1. The second-order valence-electron chi connectivity index (χ2n) is 5.69. The highest BCUT2D eigenvalue weighted by Gasteiger charge is 2.13. The van der Waals surface area contributed by atoms with E-state index in [9.17, 15) is 4.79 Å². The summed E-state index contributed by atoms with van der Waals surface area (Å²) in [5.41, 5.74) is 2.22. The predicted octanol–water partition coefficient (Wildman–Crippen LogP) is 4.43. The van der Waals surface area contributed by atoms with Crippen LogP contribution in [-0.2, 0) is 0 Å². The van der Waals surface area contributed by atoms with Crippen LogP contribution in [-0.4, -0.2) is 29.0 Å². The van der Waals surface area contributed by atoms with E-state index < -0.39 is 0 Å². The first-order chi connectivity index (χ1) is 11.5. The van der Waals surface area contributed by atoms with Crippen LogP contribution in [0.5, 0.6) is 0 Å². The van der Waals surface area contributed by atoms with Crippen LogP contribution in [0, 0.1) is 6.92 Å². The monoisotopic (exact) mass is 390 g/mol. The molecule has 0 spiro atoms. The van der Waals surface area contributed by atoms with Crippen molar-refractivity contribution >= 4 is 33.3 Å². The second kappa shape index (κ2) is 8.78. The molecule has 0 bridgehead atoms. The van der Waals surface area contributed by atoms with Gasteiger partial charge in [0.1, 0.15) is 17.8 Å². The van der Waals surface area contributed by atoms with E-state index in [2.05, 4.69) is 50.0 Å². The fourth-order valence-electron chi connectivity index (χ4n) is 2.43. The number of anilines is 2. The van der Waals surface area contributed by atoms with Gasteiger partial charge in [0.25, 0.3) is 5.91 Å². The van der Waals surface area contributed by atoms with Crippen molar-refractivity contribution in [3.8, 4) is 0 Å². The maximum Gasteiger partial charge on any atom is 0.274 e. The summed E-state index contributed by atoms with van der Waals surface area (Å²) in [7, 11) is 0. The van der Waals surface area contributed by atoms with Crippen LogP contribution >= 0.6 is 15.9 Å². The molecular weight excluding hydrogens is 368 g/mol. The zero-order valence-corrected chi connectivity index (χ0v) is 15.9. The smallest absolute Gasteiger partial charge is 0.274 e. The molecule has 2 rings (SSSR count). The molecule has 0 radical (unpaired) electrons. The number of aromatic nitrogens is 2. The Bertz CT molecular complexity index is 699. The van der Waals surface area contributed by atoms with Gasteiger partial charge < -0.3 is 10.2 Å². The molecule has 6 heteroatoms. The SMILES string of the molecule is CCCN(CCC)c1cc(C(=O)Nc2ccc(C)cc2Br)ncn1. The summed E-state index contributed by atoms with van der Waals surface area (Å²) in [6, 6.07) is 7.55. The van der Waals surface area contributed by atoms with Crippen LogP contribution in [0.15, 0.2) is 35.1 Å². The summed E-state index contributed by atoms with van der Waals surface area (Å²) < 4.78 is 0.851. The zero-order valence-electron chi connectivity index (χ0n) is 14.3. The molecule has 1 heterocycles. The molecule has 2 aromatic rings. The van der Waals surface area contributed by atoms with Gasteiger partial charge in [-0.25, -0.2) is 9.97 Å². The standard InChI is InChI=1S/C18H23BrN4O/c1-4-8-23(9-5-2)17-11-16(20-12-21-17)18(24)22-15-7-6-13(3)10-14(15)19/h6-7,10-12H,4-5,8-9H2,1-3H3,(H,22,24). The summed E-state index contributed by atoms with van der Waals surface area (Å²) in [6.45, 7) is 8.09. The largest absolute Gasteiger partial charge is 0.357 e. The van der Waals surface area contributed by atoms with Gasteiger partial charge in [0.15, 0.2) is 0 Å². The minimum Gasteiger partial charge on any atom is -0.357 e. The van der Waals surface area contributed by atoms with Crippen molar-refractivity contribution in [1.82, 2.24) is 9.97 Å². The molecule has 0 aliphatic heterocycles. The first kappa shape index (κ1) is 18.4. The Hall–Kier alpha value is -1.95. The molecule has 1 N–H and O–H groups in total. The molecule has 24 heavy (non-hydrogen) atoms. The number of carbonyl (C=O) groups excluding carboxylic acids is 1. The number of nitrogens with zero attached hydrogens (tertiary/aromatic N) is 3. The van der Waals surface area contributed by atoms with Gasteiger partial charge in [-0.15, -0.1) is 0 Å². The molecule has 0 unspecified atom stereocenters. The molecule has 0 atom stereocenters. The zero-order chi connectivity index (χ0) is 17.5. The molecule has 1 aromatic heterocycles. The first-order valence-electron chi connectivity index (χ1n) is 8.19. The third-order valence-electron chi connectivity index (χ3n) is 3.57. The highest BCUT2D eigenvalue weighted by atomic mass is 79.9. The molecule has 0 fully saturated rings. The lowest BCUT2D eigenvalue weighted by molar-refractivity contribution is 0.102. The van der Waals surface area contributed by atoms with Crippen LogP contribution in [0.1, 0.15) is 42.7 Å². The minimum absolute atomic E-state index is 0.240. The lowest BCUT2D eigenvalue weighted by Gasteiger charge is -2.22. The van der Waals surface area contributed by atoms with Crippen molar-refractivity contribution < 1.29 is 4.79 Å². The Balaban J connectivity index is 2.19. The summed E-state index contributed by atoms with van der Waals surface area (Å²) >= 11 is 3.47. The number of benzene rings is 1. The van der Waals surface area contributed by atoms with Crippen LogP contribution in [0.25, 0.3) is 0 Å². The van der Waals surface area contributed by atoms with Gasteiger partial charge in [0, 0.05) is 23.6 Å². The average molecular weight is 391 g/mol. The Morgan fingerprint density at radius 1 is 1.17 bits per heavy atom. The Morgan fingerprint density at radius 2 is 1.88 bits per heavy atom. The number of aryl methyl sites for hydroxylation is 1. The van der Waals surface area contributed by atoms with E-state index in [1.54, 1.807) is 6.07 Å². The lowest BCUT2D eigenvalue weighted by Crippen LogP contribution is -2.26. The van der Waals surface area contributed by atoms with Crippen LogP contribution in [0.2, 0.25) is 0 Å². The third-order valence-corrected chi connectivity index (χ3v) is 4.23. The fraction of sp³-hybridized carbons (Fsp3) is 0.389. The van der Waals surface area contributed by atoms with Gasteiger partial charge in [-0.1, -0.05) is 19.9 Å². The topological polar surface area (TPSA) is 58.1 Å². The van der Waals surface area contributed by atoms with Crippen LogP contribution in [0.4, 0.5) is 11.5 Å². The molecule has 0 saturated carbocycles. The maximum atomic E-state index is 12.5. The quantitative estimate of drug-likeness (QED) is 0.759. The second-order valence-corrected chi connectivity index (χ2v) is 6.54. The van der Waals surface area contributed by atoms with E-state index in [4.69, 9.17) is 0 Å². The predicted molar refractivity (Wildman–Crippen MR) is 102 cm³/mol. The van der Waals surface area contributed by atoms with E-state index in [0.717, 1.165) is 47.5 Å². The molecule has 0 saturated heterocycles. The van der Waals surface area contributed by atoms with Crippen molar-refractivity contribution in [2.24, 2.45) is 0 Å². The van der Waals surface area contributed by atoms with Gasteiger partial charge >= 0.3 is 0 Å². The summed E-state index contributed by atoms with van der Waals surface area (Å²) in [5, 5.41) is 2.89. The van der Waals surface area contributed by atoms with Crippen molar-refractivity contribution in [3.05, 3.63) is 46.3 Å².